The zero-order valence-corrected chi connectivity index (χ0v) is 14.1. The normalized spacial score (nSPS) is 11.4. The molecule has 0 aliphatic rings. The molecule has 2 N–H and O–H groups in total. The zero-order valence-electron chi connectivity index (χ0n) is 14.1. The van der Waals surface area contributed by atoms with E-state index in [-0.39, 0.29) is 18.3 Å². The fourth-order valence-electron chi connectivity index (χ4n) is 2.12. The molecule has 0 fully saturated rings. The van der Waals surface area contributed by atoms with Crippen molar-refractivity contribution in [2.24, 2.45) is 5.10 Å². The first-order valence-corrected chi connectivity index (χ1v) is 7.81. The minimum Gasteiger partial charge on any atom is -0.507 e. The zero-order chi connectivity index (χ0) is 17.5. The van der Waals surface area contributed by atoms with E-state index in [1.165, 1.54) is 5.56 Å². The van der Waals surface area contributed by atoms with Gasteiger partial charge in [-0.3, -0.25) is 4.79 Å². The maximum absolute atomic E-state index is 11.8. The Labute approximate surface area is 142 Å². The van der Waals surface area contributed by atoms with E-state index in [0.717, 1.165) is 0 Å². The van der Waals surface area contributed by atoms with Crippen molar-refractivity contribution in [3.8, 4) is 11.5 Å². The summed E-state index contributed by atoms with van der Waals surface area (Å²) in [5.41, 5.74) is 4.73. The molecule has 0 bridgehead atoms. The van der Waals surface area contributed by atoms with E-state index in [1.807, 2.05) is 24.3 Å². The third kappa shape index (κ3) is 4.84. The molecule has 2 aromatic carbocycles. The third-order valence-electron chi connectivity index (χ3n) is 3.56. The Kier molecular flexibility index (Phi) is 5.95. The summed E-state index contributed by atoms with van der Waals surface area (Å²) in [7, 11) is 0. The smallest absolute Gasteiger partial charge is 0.277 e. The van der Waals surface area contributed by atoms with Gasteiger partial charge in [0.2, 0.25) is 0 Å². The van der Waals surface area contributed by atoms with Crippen LogP contribution in [-0.2, 0) is 4.79 Å². The average Bonchev–Trinajstić information content (AvgIpc) is 2.58. The first kappa shape index (κ1) is 17.5. The highest BCUT2D eigenvalue weighted by atomic mass is 16.5. The molecule has 0 aliphatic heterocycles. The summed E-state index contributed by atoms with van der Waals surface area (Å²) in [5, 5.41) is 13.7. The second kappa shape index (κ2) is 8.15. The topological polar surface area (TPSA) is 70.9 Å². The van der Waals surface area contributed by atoms with E-state index in [0.29, 0.717) is 22.9 Å². The second-order valence-electron chi connectivity index (χ2n) is 5.76. The standard InChI is InChI=1S/C19H22N2O3/c1-13(2)15-8-10-16(11-9-15)24-12-19(23)21-20-14(3)17-6-4-5-7-18(17)22/h4-11,13,22H,12H2,1-3H3,(H,21,23)/b20-14+. The molecule has 0 heterocycles. The van der Waals surface area contributed by atoms with Gasteiger partial charge in [-0.05, 0) is 42.7 Å². The van der Waals surface area contributed by atoms with Crippen molar-refractivity contribution in [3.63, 3.8) is 0 Å². The number of hydrogen-bond acceptors (Lipinski definition) is 4. The van der Waals surface area contributed by atoms with E-state index >= 15 is 0 Å². The number of carbonyl (C=O) groups excluding carboxylic acids is 1. The summed E-state index contributed by atoms with van der Waals surface area (Å²) in [6.45, 7) is 5.82. The first-order chi connectivity index (χ1) is 11.5. The Morgan fingerprint density at radius 1 is 1.17 bits per heavy atom. The van der Waals surface area contributed by atoms with Gasteiger partial charge in [-0.1, -0.05) is 38.1 Å². The van der Waals surface area contributed by atoms with Crippen molar-refractivity contribution in [3.05, 3.63) is 59.7 Å². The van der Waals surface area contributed by atoms with E-state index in [1.54, 1.807) is 31.2 Å². The highest BCUT2D eigenvalue weighted by molar-refractivity contribution is 6.01. The van der Waals surface area contributed by atoms with Crippen molar-refractivity contribution in [1.82, 2.24) is 5.43 Å². The number of nitrogens with one attached hydrogen (secondary N) is 1. The lowest BCUT2D eigenvalue weighted by Gasteiger charge is -2.08. The van der Waals surface area contributed by atoms with Gasteiger partial charge in [0.25, 0.3) is 5.91 Å². The molecule has 0 atom stereocenters. The number of carbonyl (C=O) groups is 1. The number of nitrogens with zero attached hydrogens (tertiary/aromatic N) is 1. The van der Waals surface area contributed by atoms with Crippen molar-refractivity contribution >= 4 is 11.6 Å². The minimum absolute atomic E-state index is 0.120. The lowest BCUT2D eigenvalue weighted by atomic mass is 10.0. The van der Waals surface area contributed by atoms with Gasteiger partial charge in [0.15, 0.2) is 6.61 Å². The lowest BCUT2D eigenvalue weighted by Crippen LogP contribution is -2.25. The van der Waals surface area contributed by atoms with Gasteiger partial charge in [-0.25, -0.2) is 5.43 Å². The molecule has 2 rings (SSSR count). The molecular weight excluding hydrogens is 304 g/mol. The molecular formula is C19H22N2O3. The quantitative estimate of drug-likeness (QED) is 0.631. The molecule has 0 unspecified atom stereocenters. The molecule has 0 aromatic heterocycles. The highest BCUT2D eigenvalue weighted by Crippen LogP contribution is 2.18. The summed E-state index contributed by atoms with van der Waals surface area (Å²) < 4.78 is 5.43. The third-order valence-corrected chi connectivity index (χ3v) is 3.56. The molecule has 24 heavy (non-hydrogen) atoms. The van der Waals surface area contributed by atoms with Crippen LogP contribution in [-0.4, -0.2) is 23.3 Å². The molecule has 0 aliphatic carbocycles. The van der Waals surface area contributed by atoms with E-state index in [2.05, 4.69) is 24.4 Å². The van der Waals surface area contributed by atoms with Gasteiger partial charge in [0.1, 0.15) is 11.5 Å². The fourth-order valence-corrected chi connectivity index (χ4v) is 2.12. The molecule has 2 aromatic rings. The van der Waals surface area contributed by atoms with E-state index in [4.69, 9.17) is 4.74 Å². The molecule has 5 heteroatoms. The van der Waals surface area contributed by atoms with Crippen LogP contribution in [0.4, 0.5) is 0 Å². The number of amides is 1. The molecule has 0 radical (unpaired) electrons. The molecule has 0 saturated heterocycles. The van der Waals surface area contributed by atoms with Crippen molar-refractivity contribution < 1.29 is 14.6 Å². The Hall–Kier alpha value is -2.82. The summed E-state index contributed by atoms with van der Waals surface area (Å²) >= 11 is 0. The number of rotatable bonds is 6. The number of phenolic OH excluding ortho intramolecular Hbond substituents is 1. The van der Waals surface area contributed by atoms with Gasteiger partial charge in [-0.2, -0.15) is 5.10 Å². The number of phenols is 1. The van der Waals surface area contributed by atoms with E-state index < -0.39 is 0 Å². The Morgan fingerprint density at radius 2 is 1.83 bits per heavy atom. The summed E-state index contributed by atoms with van der Waals surface area (Å²) in [4.78, 5) is 11.8. The van der Waals surface area contributed by atoms with Crippen molar-refractivity contribution in [2.45, 2.75) is 26.7 Å². The Bertz CT molecular complexity index is 722. The van der Waals surface area contributed by atoms with E-state index in [9.17, 15) is 9.90 Å². The number of hydrazone groups is 1. The van der Waals surface area contributed by atoms with Gasteiger partial charge in [0, 0.05) is 5.56 Å². The molecule has 0 spiro atoms. The average molecular weight is 326 g/mol. The Morgan fingerprint density at radius 3 is 2.46 bits per heavy atom. The highest BCUT2D eigenvalue weighted by Gasteiger charge is 2.06. The number of benzene rings is 2. The number of aromatic hydroxyl groups is 1. The molecule has 1 amide bonds. The van der Waals surface area contributed by atoms with Gasteiger partial charge in [0.05, 0.1) is 5.71 Å². The van der Waals surface area contributed by atoms with Crippen LogP contribution < -0.4 is 10.2 Å². The van der Waals surface area contributed by atoms with Crippen LogP contribution in [0.15, 0.2) is 53.6 Å². The minimum atomic E-state index is -0.363. The molecule has 126 valence electrons. The van der Waals surface area contributed by atoms with Crippen molar-refractivity contribution in [2.75, 3.05) is 6.61 Å². The lowest BCUT2D eigenvalue weighted by molar-refractivity contribution is -0.123. The summed E-state index contributed by atoms with van der Waals surface area (Å²) in [6.07, 6.45) is 0. The summed E-state index contributed by atoms with van der Waals surface area (Å²) in [6, 6.07) is 14.5. The van der Waals surface area contributed by atoms with Crippen molar-refractivity contribution in [1.29, 1.82) is 0 Å². The Balaban J connectivity index is 1.87. The predicted molar refractivity (Wildman–Crippen MR) is 94.5 cm³/mol. The first-order valence-electron chi connectivity index (χ1n) is 7.81. The number of para-hydroxylation sites is 1. The predicted octanol–water partition coefficient (Wildman–Crippen LogP) is 3.43. The maximum Gasteiger partial charge on any atom is 0.277 e. The second-order valence-corrected chi connectivity index (χ2v) is 5.76. The maximum atomic E-state index is 11.8. The van der Waals surface area contributed by atoms with Crippen LogP contribution in [0, 0.1) is 0 Å². The van der Waals surface area contributed by atoms with Crippen LogP contribution in [0.2, 0.25) is 0 Å². The van der Waals surface area contributed by atoms with Crippen LogP contribution in [0.5, 0.6) is 11.5 Å². The van der Waals surface area contributed by atoms with Crippen LogP contribution in [0.25, 0.3) is 0 Å². The van der Waals surface area contributed by atoms with Crippen LogP contribution >= 0.6 is 0 Å². The molecule has 0 saturated carbocycles. The van der Waals surface area contributed by atoms with Gasteiger partial charge >= 0.3 is 0 Å². The SMILES string of the molecule is C/C(=N\NC(=O)COc1ccc(C(C)C)cc1)c1ccccc1O. The fraction of sp³-hybridized carbons (Fsp3) is 0.263. The summed E-state index contributed by atoms with van der Waals surface area (Å²) in [5.74, 6) is 0.845. The van der Waals surface area contributed by atoms with Gasteiger partial charge in [-0.15, -0.1) is 0 Å². The van der Waals surface area contributed by atoms with Gasteiger partial charge < -0.3 is 9.84 Å². The number of ether oxygens (including phenoxy) is 1. The largest absolute Gasteiger partial charge is 0.507 e. The molecule has 5 nitrogen and oxygen atoms in total. The van der Waals surface area contributed by atoms with Crippen LogP contribution in [0.3, 0.4) is 0 Å². The number of hydrogen-bond donors (Lipinski definition) is 2. The monoisotopic (exact) mass is 326 g/mol. The van der Waals surface area contributed by atoms with Crippen LogP contribution in [0.1, 0.15) is 37.8 Å².